The summed E-state index contributed by atoms with van der Waals surface area (Å²) in [6.07, 6.45) is 0. The predicted octanol–water partition coefficient (Wildman–Crippen LogP) is 9.33. The molecule has 2 aromatic carbocycles. The summed E-state index contributed by atoms with van der Waals surface area (Å²) in [5, 5.41) is 10.4. The van der Waals surface area contributed by atoms with Gasteiger partial charge in [-0.1, -0.05) is 59.2 Å². The van der Waals surface area contributed by atoms with Crippen LogP contribution in [0.3, 0.4) is 0 Å². The first kappa shape index (κ1) is 42.7. The van der Waals surface area contributed by atoms with Crippen LogP contribution in [0.4, 0.5) is 0 Å². The fraction of sp³-hybridized carbons (Fsp3) is 0.360. The van der Waals surface area contributed by atoms with Crippen LogP contribution in [0.25, 0.3) is 0 Å². The number of hydrogen-bond acceptors (Lipinski definition) is 1. The molecule has 0 radical (unpaired) electrons. The van der Waals surface area contributed by atoms with Crippen LogP contribution in [0.2, 0.25) is 0 Å². The van der Waals surface area contributed by atoms with E-state index >= 15 is 0 Å². The zero-order valence-corrected chi connectivity index (χ0v) is 23.8. The molecule has 4 heteroatoms. The summed E-state index contributed by atoms with van der Waals surface area (Å²) in [4.78, 5) is 0. The Hall–Kier alpha value is -0.336. The van der Waals surface area contributed by atoms with Crippen molar-refractivity contribution in [3.8, 4) is 5.75 Å². The average Bonchev–Trinajstić information content (AvgIpc) is 2.98. The van der Waals surface area contributed by atoms with Crippen LogP contribution in [-0.4, -0.2) is 5.11 Å². The Morgan fingerprint density at radius 3 is 1.21 bits per heavy atom. The quantitative estimate of drug-likeness (QED) is 0.295. The maximum atomic E-state index is 10.4. The van der Waals surface area contributed by atoms with Crippen molar-refractivity contribution in [1.29, 1.82) is 0 Å². The van der Waals surface area contributed by atoms with E-state index in [1.54, 1.807) is 0 Å². The molecule has 2 rings (SSSR count). The van der Waals surface area contributed by atoms with Crippen molar-refractivity contribution in [2.45, 2.75) is 59.3 Å². The molecule has 1 nitrogen and oxygen atoms in total. The molecule has 0 atom stereocenters. The molecule has 2 aromatic rings. The van der Waals surface area contributed by atoms with Crippen LogP contribution in [0.1, 0.15) is 58.2 Å². The number of benzene rings is 1. The van der Waals surface area contributed by atoms with Crippen LogP contribution in [-0.2, 0) is 27.9 Å². The molecule has 0 aliphatic heterocycles. The first-order valence-electron chi connectivity index (χ1n) is 7.92. The third-order valence-electron chi connectivity index (χ3n) is 3.43. The van der Waals surface area contributed by atoms with E-state index in [-0.39, 0.29) is 48.0 Å². The second-order valence-electron chi connectivity index (χ2n) is 7.74. The molecule has 0 spiro atoms. The largest absolute Gasteiger partial charge is 0.214 e. The maximum absolute atomic E-state index is 10.4. The maximum Gasteiger partial charge on any atom is -0.172 e. The number of rotatable bonds is 0. The molecule has 0 aromatic heterocycles. The summed E-state index contributed by atoms with van der Waals surface area (Å²) in [5.41, 5.74) is 3.26. The Bertz CT molecular complexity index is 528. The monoisotopic (exact) mass is 478 g/mol. The summed E-state index contributed by atoms with van der Waals surface area (Å²) in [7, 11) is 9.78. The van der Waals surface area contributed by atoms with Crippen molar-refractivity contribution in [1.82, 2.24) is 0 Å². The van der Waals surface area contributed by atoms with Gasteiger partial charge in [0.15, 0.2) is 0 Å². The Morgan fingerprint density at radius 2 is 1.03 bits per heavy atom. The van der Waals surface area contributed by atoms with Gasteiger partial charge in [0, 0.05) is 0 Å². The van der Waals surface area contributed by atoms with Gasteiger partial charge in [0.1, 0.15) is 5.75 Å². The topological polar surface area (TPSA) is 20.2 Å². The van der Waals surface area contributed by atoms with Crippen molar-refractivity contribution in [3.05, 3.63) is 96.3 Å². The second kappa shape index (κ2) is 19.6. The minimum atomic E-state index is -0.556. The third-order valence-corrected chi connectivity index (χ3v) is 3.43. The summed E-state index contributed by atoms with van der Waals surface area (Å²) in [6, 6.07) is 14.2. The number of halogens is 2. The summed E-state index contributed by atoms with van der Waals surface area (Å²) >= 11 is -0.556. The molecule has 0 fully saturated rings. The van der Waals surface area contributed by atoms with Gasteiger partial charge in [-0.15, -0.1) is 0 Å². The number of aryl methyl sites for hydroxylation is 1. The Kier molecular flexibility index (Phi) is 28.9. The molecule has 0 aliphatic carbocycles. The van der Waals surface area contributed by atoms with Crippen molar-refractivity contribution < 1.29 is 22.1 Å². The van der Waals surface area contributed by atoms with Gasteiger partial charge in [0.25, 0.3) is 0 Å². The standard InChI is InChI=1S/C15H24O.C5H5.5CH3.2ClH.Ti/c1-10-8-11(14(2,3)4)13(16)12(9-10)15(5,6)7;1-2-4-5-3-1;;;;;;;;/h8-9,16H,1-7H3;1-5H;5*1H3;2*1H;/q;6*-1;;;+2/p-2. The Balaban J connectivity index is -0.0000000872. The first-order valence-corrected chi connectivity index (χ1v) is 12.2. The molecule has 1 N–H and O–H groups in total. The van der Waals surface area contributed by atoms with Crippen molar-refractivity contribution in [3.63, 3.8) is 0 Å². The van der Waals surface area contributed by atoms with E-state index in [0.29, 0.717) is 5.75 Å². The number of phenols is 1. The van der Waals surface area contributed by atoms with Gasteiger partial charge in [-0.05, 0) is 28.9 Å². The van der Waals surface area contributed by atoms with E-state index in [2.05, 4.69) is 60.6 Å². The number of hydrogen-bond donors (Lipinski definition) is 1. The Labute approximate surface area is 201 Å². The molecule has 0 saturated carbocycles. The van der Waals surface area contributed by atoms with Crippen LogP contribution in [0.15, 0.2) is 42.5 Å². The fourth-order valence-electron chi connectivity index (χ4n) is 2.24. The smallest absolute Gasteiger partial charge is 0.172 e. The summed E-state index contributed by atoms with van der Waals surface area (Å²) in [5.74, 6) is 0.464. The van der Waals surface area contributed by atoms with Crippen molar-refractivity contribution >= 4 is 18.6 Å². The molecule has 0 unspecified atom stereocenters. The number of aromatic hydroxyl groups is 1. The van der Waals surface area contributed by atoms with Gasteiger partial charge in [0.05, 0.1) is 0 Å². The van der Waals surface area contributed by atoms with Crippen LogP contribution >= 0.6 is 18.6 Å². The van der Waals surface area contributed by atoms with E-state index in [0.717, 1.165) is 11.1 Å². The zero-order valence-electron chi connectivity index (χ0n) is 20.7. The van der Waals surface area contributed by atoms with E-state index < -0.39 is 17.0 Å². The van der Waals surface area contributed by atoms with E-state index in [1.165, 1.54) is 5.56 Å². The van der Waals surface area contributed by atoms with E-state index in [1.807, 2.05) is 30.3 Å². The minimum absolute atomic E-state index is 0. The zero-order chi connectivity index (χ0) is 19.0. The first-order chi connectivity index (χ1) is 10.9. The molecule has 0 heterocycles. The van der Waals surface area contributed by atoms with Gasteiger partial charge in [0.2, 0.25) is 0 Å². The van der Waals surface area contributed by atoms with Crippen LogP contribution < -0.4 is 0 Å². The van der Waals surface area contributed by atoms with Crippen LogP contribution in [0.5, 0.6) is 5.75 Å². The third kappa shape index (κ3) is 17.1. The summed E-state index contributed by atoms with van der Waals surface area (Å²) in [6.45, 7) is 14.9. The molecule has 0 saturated heterocycles. The van der Waals surface area contributed by atoms with Crippen molar-refractivity contribution in [2.75, 3.05) is 0 Å². The molecular weight excluding hydrogens is 435 g/mol. The second-order valence-corrected chi connectivity index (χ2v) is 10.3. The molecule has 0 aliphatic rings. The minimum Gasteiger partial charge on any atom is -0.214 e. The predicted molar refractivity (Wildman–Crippen MR) is 136 cm³/mol. The van der Waals surface area contributed by atoms with Gasteiger partial charge >= 0.3 is 35.6 Å². The van der Waals surface area contributed by atoms with Gasteiger partial charge < -0.3 is 42.2 Å². The van der Waals surface area contributed by atoms with Gasteiger partial charge in [-0.2, -0.15) is 18.2 Å². The fourth-order valence-corrected chi connectivity index (χ4v) is 2.24. The molecule has 29 heavy (non-hydrogen) atoms. The normalized spacial score (nSPS) is 9.00. The molecule has 0 amide bonds. The molecule has 174 valence electrons. The molecular formula is C25H44Cl2OTi-6. The van der Waals surface area contributed by atoms with Gasteiger partial charge in [-0.25, -0.2) is 12.1 Å². The van der Waals surface area contributed by atoms with E-state index in [4.69, 9.17) is 18.6 Å². The number of phenolic OH excluding ortho intramolecular Hbond substituents is 1. The Morgan fingerprint density at radius 1 is 0.759 bits per heavy atom. The van der Waals surface area contributed by atoms with Gasteiger partial charge in [-0.3, -0.25) is 0 Å². The van der Waals surface area contributed by atoms with Crippen LogP contribution in [0, 0.1) is 44.1 Å². The average molecular weight is 479 g/mol. The summed E-state index contributed by atoms with van der Waals surface area (Å²) < 4.78 is 0. The molecule has 0 bridgehead atoms. The van der Waals surface area contributed by atoms with Crippen molar-refractivity contribution in [2.24, 2.45) is 0 Å². The SMILES string of the molecule is Cc1cc(C(C)(C)C)c(O)c(C(C)(C)C)c1.[CH3-].[CH3-].[CH3-].[CH3-].[CH3-].[Cl][Ti][Cl].c1cc[cH-]c1. The van der Waals surface area contributed by atoms with E-state index in [9.17, 15) is 5.11 Å².